The Morgan fingerprint density at radius 2 is 2.04 bits per heavy atom. The van der Waals surface area contributed by atoms with Crippen LogP contribution in [0.15, 0.2) is 48.5 Å². The number of likely N-dealkylation sites (tertiary alicyclic amines) is 1. The molecular formula is C20H21FN2O3. The topological polar surface area (TPSA) is 58.6 Å². The van der Waals surface area contributed by atoms with E-state index < -0.39 is 0 Å². The second kappa shape index (κ2) is 7.99. The van der Waals surface area contributed by atoms with Crippen LogP contribution >= 0.6 is 0 Å². The van der Waals surface area contributed by atoms with E-state index in [1.165, 1.54) is 12.1 Å². The van der Waals surface area contributed by atoms with Gasteiger partial charge in [-0.3, -0.25) is 9.59 Å². The van der Waals surface area contributed by atoms with E-state index in [-0.39, 0.29) is 23.5 Å². The van der Waals surface area contributed by atoms with Crippen molar-refractivity contribution in [2.75, 3.05) is 20.2 Å². The molecule has 2 aromatic rings. The summed E-state index contributed by atoms with van der Waals surface area (Å²) in [4.78, 5) is 26.2. The van der Waals surface area contributed by atoms with Crippen LogP contribution in [0.4, 0.5) is 4.39 Å². The van der Waals surface area contributed by atoms with E-state index in [2.05, 4.69) is 5.32 Å². The average Bonchev–Trinajstić information content (AvgIpc) is 3.01. The molecule has 5 nitrogen and oxygen atoms in total. The molecule has 3 rings (SSSR count). The first-order valence-electron chi connectivity index (χ1n) is 8.49. The van der Waals surface area contributed by atoms with Crippen LogP contribution in [0, 0.1) is 11.7 Å². The lowest BCUT2D eigenvalue weighted by molar-refractivity contribution is -0.128. The molecule has 26 heavy (non-hydrogen) atoms. The maximum Gasteiger partial charge on any atom is 0.251 e. The molecule has 1 N–H and O–H groups in total. The standard InChI is InChI=1S/C20H21FN2O3/c1-26-18-4-2-3-16(10-18)20(25)22-11-15-9-19(24)23(13-15)12-14-5-7-17(21)8-6-14/h2-8,10,15H,9,11-13H2,1H3,(H,22,25). The Morgan fingerprint density at radius 1 is 1.27 bits per heavy atom. The first-order valence-corrected chi connectivity index (χ1v) is 8.49. The molecule has 6 heteroatoms. The molecule has 1 unspecified atom stereocenters. The molecule has 0 aliphatic carbocycles. The quantitative estimate of drug-likeness (QED) is 0.866. The first kappa shape index (κ1) is 17.9. The molecule has 0 aromatic heterocycles. The van der Waals surface area contributed by atoms with Crippen molar-refractivity contribution in [1.29, 1.82) is 0 Å². The van der Waals surface area contributed by atoms with Crippen molar-refractivity contribution in [3.05, 3.63) is 65.5 Å². The molecule has 1 aliphatic rings. The lowest BCUT2D eigenvalue weighted by Crippen LogP contribution is -2.31. The van der Waals surface area contributed by atoms with E-state index in [4.69, 9.17) is 4.74 Å². The highest BCUT2D eigenvalue weighted by molar-refractivity contribution is 5.94. The molecule has 1 aliphatic heterocycles. The number of hydrogen-bond acceptors (Lipinski definition) is 3. The van der Waals surface area contributed by atoms with Gasteiger partial charge in [-0.25, -0.2) is 4.39 Å². The van der Waals surface area contributed by atoms with Gasteiger partial charge in [-0.05, 0) is 35.9 Å². The summed E-state index contributed by atoms with van der Waals surface area (Å²) >= 11 is 0. The Kier molecular flexibility index (Phi) is 5.51. The van der Waals surface area contributed by atoms with Crippen LogP contribution in [0.25, 0.3) is 0 Å². The summed E-state index contributed by atoms with van der Waals surface area (Å²) in [5, 5.41) is 2.88. The normalized spacial score (nSPS) is 16.6. The highest BCUT2D eigenvalue weighted by Gasteiger charge is 2.29. The number of ether oxygens (including phenoxy) is 1. The van der Waals surface area contributed by atoms with Gasteiger partial charge in [-0.15, -0.1) is 0 Å². The van der Waals surface area contributed by atoms with Crippen LogP contribution in [0.2, 0.25) is 0 Å². The number of nitrogens with zero attached hydrogens (tertiary/aromatic N) is 1. The fraction of sp³-hybridized carbons (Fsp3) is 0.300. The number of methoxy groups -OCH3 is 1. The molecule has 0 spiro atoms. The second-order valence-electron chi connectivity index (χ2n) is 6.41. The summed E-state index contributed by atoms with van der Waals surface area (Å²) in [5.74, 6) is 0.264. The molecule has 0 bridgehead atoms. The average molecular weight is 356 g/mol. The smallest absolute Gasteiger partial charge is 0.251 e. The van der Waals surface area contributed by atoms with Crippen LogP contribution in [0.5, 0.6) is 5.75 Å². The Morgan fingerprint density at radius 3 is 2.77 bits per heavy atom. The van der Waals surface area contributed by atoms with Gasteiger partial charge >= 0.3 is 0 Å². The number of halogens is 1. The largest absolute Gasteiger partial charge is 0.497 e. The lowest BCUT2D eigenvalue weighted by atomic mass is 10.1. The maximum absolute atomic E-state index is 13.0. The Labute approximate surface area is 151 Å². The van der Waals surface area contributed by atoms with Gasteiger partial charge in [0.15, 0.2) is 0 Å². The second-order valence-corrected chi connectivity index (χ2v) is 6.41. The molecule has 0 radical (unpaired) electrons. The highest BCUT2D eigenvalue weighted by atomic mass is 19.1. The third-order valence-corrected chi connectivity index (χ3v) is 4.46. The van der Waals surface area contributed by atoms with Gasteiger partial charge in [0.05, 0.1) is 7.11 Å². The molecule has 136 valence electrons. The van der Waals surface area contributed by atoms with Gasteiger partial charge in [-0.1, -0.05) is 18.2 Å². The third-order valence-electron chi connectivity index (χ3n) is 4.46. The van der Waals surface area contributed by atoms with Crippen molar-refractivity contribution in [3.63, 3.8) is 0 Å². The monoisotopic (exact) mass is 356 g/mol. The number of carbonyl (C=O) groups excluding carboxylic acids is 2. The molecule has 2 aromatic carbocycles. The van der Waals surface area contributed by atoms with Crippen molar-refractivity contribution >= 4 is 11.8 Å². The first-order chi connectivity index (χ1) is 12.5. The van der Waals surface area contributed by atoms with Crippen LogP contribution < -0.4 is 10.1 Å². The summed E-state index contributed by atoms with van der Waals surface area (Å²) in [6, 6.07) is 13.1. The lowest BCUT2D eigenvalue weighted by Gasteiger charge is -2.17. The Balaban J connectivity index is 1.52. The van der Waals surface area contributed by atoms with Crippen molar-refractivity contribution in [1.82, 2.24) is 10.2 Å². The van der Waals surface area contributed by atoms with Gasteiger partial charge in [0.25, 0.3) is 5.91 Å². The van der Waals surface area contributed by atoms with Crippen LogP contribution in [0.3, 0.4) is 0 Å². The van der Waals surface area contributed by atoms with Gasteiger partial charge in [0.2, 0.25) is 5.91 Å². The van der Waals surface area contributed by atoms with Gasteiger partial charge in [0.1, 0.15) is 11.6 Å². The number of hydrogen-bond donors (Lipinski definition) is 1. The molecule has 1 heterocycles. The maximum atomic E-state index is 13.0. The highest BCUT2D eigenvalue weighted by Crippen LogP contribution is 2.20. The molecule has 2 amide bonds. The van der Waals surface area contributed by atoms with E-state index in [0.29, 0.717) is 37.4 Å². The van der Waals surface area contributed by atoms with E-state index >= 15 is 0 Å². The number of carbonyl (C=O) groups is 2. The zero-order valence-corrected chi connectivity index (χ0v) is 14.6. The van der Waals surface area contributed by atoms with Crippen LogP contribution in [-0.4, -0.2) is 36.9 Å². The third kappa shape index (κ3) is 4.39. The van der Waals surface area contributed by atoms with Crippen LogP contribution in [0.1, 0.15) is 22.3 Å². The van der Waals surface area contributed by atoms with Crippen molar-refractivity contribution in [2.24, 2.45) is 5.92 Å². The fourth-order valence-corrected chi connectivity index (χ4v) is 3.06. The molecule has 1 fully saturated rings. The number of benzene rings is 2. The minimum Gasteiger partial charge on any atom is -0.497 e. The SMILES string of the molecule is COc1cccc(C(=O)NCC2CC(=O)N(Cc3ccc(F)cc3)C2)c1. The van der Waals surface area contributed by atoms with Gasteiger partial charge < -0.3 is 15.0 Å². The molecule has 1 saturated heterocycles. The summed E-state index contributed by atoms with van der Waals surface area (Å²) in [6.07, 6.45) is 0.402. The van der Waals surface area contributed by atoms with Gasteiger partial charge in [0, 0.05) is 37.5 Å². The number of nitrogens with one attached hydrogen (secondary N) is 1. The van der Waals surface area contributed by atoms with E-state index in [0.717, 1.165) is 5.56 Å². The Hall–Kier alpha value is -2.89. The van der Waals surface area contributed by atoms with E-state index in [1.807, 2.05) is 0 Å². The zero-order valence-electron chi connectivity index (χ0n) is 14.6. The number of rotatable bonds is 6. The zero-order chi connectivity index (χ0) is 18.5. The van der Waals surface area contributed by atoms with Gasteiger partial charge in [-0.2, -0.15) is 0 Å². The fourth-order valence-electron chi connectivity index (χ4n) is 3.06. The summed E-state index contributed by atoms with van der Waals surface area (Å²) in [7, 11) is 1.55. The summed E-state index contributed by atoms with van der Waals surface area (Å²) in [5.41, 5.74) is 1.41. The van der Waals surface area contributed by atoms with E-state index in [1.54, 1.807) is 48.4 Å². The van der Waals surface area contributed by atoms with Crippen molar-refractivity contribution in [2.45, 2.75) is 13.0 Å². The predicted octanol–water partition coefficient (Wildman–Crippen LogP) is 2.61. The van der Waals surface area contributed by atoms with Crippen molar-refractivity contribution < 1.29 is 18.7 Å². The number of amides is 2. The van der Waals surface area contributed by atoms with E-state index in [9.17, 15) is 14.0 Å². The van der Waals surface area contributed by atoms with Crippen LogP contribution in [-0.2, 0) is 11.3 Å². The minimum atomic E-state index is -0.292. The minimum absolute atomic E-state index is 0.0509. The summed E-state index contributed by atoms with van der Waals surface area (Å²) in [6.45, 7) is 1.47. The summed E-state index contributed by atoms with van der Waals surface area (Å²) < 4.78 is 18.1. The molecule has 1 atom stereocenters. The van der Waals surface area contributed by atoms with Crippen molar-refractivity contribution in [3.8, 4) is 5.75 Å². The Bertz CT molecular complexity index is 792. The predicted molar refractivity (Wildman–Crippen MR) is 95.3 cm³/mol. The molecule has 0 saturated carbocycles. The molecular weight excluding hydrogens is 335 g/mol.